The van der Waals surface area contributed by atoms with Gasteiger partial charge < -0.3 is 5.32 Å². The normalized spacial score (nSPS) is 13.8. The van der Waals surface area contributed by atoms with Crippen molar-refractivity contribution in [2.45, 2.75) is 25.7 Å². The third-order valence-electron chi connectivity index (χ3n) is 2.87. The van der Waals surface area contributed by atoms with Crippen molar-refractivity contribution < 1.29 is 9.59 Å². The van der Waals surface area contributed by atoms with E-state index in [1.165, 1.54) is 0 Å². The number of rotatable bonds is 3. The quantitative estimate of drug-likeness (QED) is 0.403. The Bertz CT molecular complexity index is 457. The molecule has 1 aromatic carbocycles. The lowest BCUT2D eigenvalue weighted by atomic mass is 9.98. The second kappa shape index (κ2) is 4.97. The van der Waals surface area contributed by atoms with Crippen molar-refractivity contribution in [2.24, 2.45) is 5.84 Å². The van der Waals surface area contributed by atoms with E-state index in [1.54, 1.807) is 0 Å². The topological polar surface area (TPSA) is 84.2 Å². The number of hydrogen-bond acceptors (Lipinski definition) is 3. The minimum atomic E-state index is -0.170. The highest BCUT2D eigenvalue weighted by Gasteiger charge is 2.14. The fourth-order valence-corrected chi connectivity index (χ4v) is 1.92. The Hall–Kier alpha value is -1.88. The Balaban J connectivity index is 2.06. The van der Waals surface area contributed by atoms with E-state index < -0.39 is 0 Å². The van der Waals surface area contributed by atoms with E-state index >= 15 is 0 Å². The molecule has 0 saturated carbocycles. The van der Waals surface area contributed by atoms with Crippen molar-refractivity contribution in [3.8, 4) is 0 Å². The van der Waals surface area contributed by atoms with Crippen LogP contribution in [-0.4, -0.2) is 11.8 Å². The molecule has 0 bridgehead atoms. The van der Waals surface area contributed by atoms with Crippen molar-refractivity contribution in [1.82, 2.24) is 5.43 Å². The summed E-state index contributed by atoms with van der Waals surface area (Å²) in [5.41, 5.74) is 5.21. The van der Waals surface area contributed by atoms with Crippen LogP contribution in [0.3, 0.4) is 0 Å². The molecule has 1 aliphatic rings. The first-order chi connectivity index (χ1) is 8.19. The molecule has 5 heteroatoms. The van der Waals surface area contributed by atoms with Gasteiger partial charge >= 0.3 is 0 Å². The van der Waals surface area contributed by atoms with Gasteiger partial charge in [0.25, 0.3) is 0 Å². The number of amides is 2. The Kier molecular flexibility index (Phi) is 3.39. The minimum absolute atomic E-state index is 0.0627. The monoisotopic (exact) mass is 233 g/mol. The number of nitrogens with two attached hydrogens (primary N) is 1. The smallest absolute Gasteiger partial charge is 0.234 e. The van der Waals surface area contributed by atoms with E-state index in [1.807, 2.05) is 18.2 Å². The van der Waals surface area contributed by atoms with Crippen LogP contribution in [-0.2, 0) is 22.4 Å². The maximum atomic E-state index is 11.2. The standard InChI is InChI=1S/C12H15N3O2/c13-15-12(17)5-2-8-1-4-10-9(7-8)3-6-11(16)14-10/h1,4,7H,2-3,5-6,13H2,(H,14,16)(H,15,17). The van der Waals surface area contributed by atoms with Gasteiger partial charge in [0.15, 0.2) is 0 Å². The first kappa shape index (κ1) is 11.6. The molecule has 0 fully saturated rings. The van der Waals surface area contributed by atoms with Gasteiger partial charge in [-0.15, -0.1) is 0 Å². The summed E-state index contributed by atoms with van der Waals surface area (Å²) in [4.78, 5) is 22.2. The molecule has 5 nitrogen and oxygen atoms in total. The summed E-state index contributed by atoms with van der Waals surface area (Å²) < 4.78 is 0. The van der Waals surface area contributed by atoms with Crippen LogP contribution in [0.15, 0.2) is 18.2 Å². The van der Waals surface area contributed by atoms with Gasteiger partial charge in [-0.2, -0.15) is 0 Å². The van der Waals surface area contributed by atoms with Crippen molar-refractivity contribution in [3.63, 3.8) is 0 Å². The summed E-state index contributed by atoms with van der Waals surface area (Å²) in [6.07, 6.45) is 2.32. The van der Waals surface area contributed by atoms with Crippen molar-refractivity contribution in [3.05, 3.63) is 29.3 Å². The lowest BCUT2D eigenvalue weighted by Gasteiger charge is -2.17. The summed E-state index contributed by atoms with van der Waals surface area (Å²) in [5.74, 6) is 4.91. The van der Waals surface area contributed by atoms with Crippen molar-refractivity contribution >= 4 is 17.5 Å². The van der Waals surface area contributed by atoms with E-state index in [-0.39, 0.29) is 11.8 Å². The van der Waals surface area contributed by atoms with Crippen molar-refractivity contribution in [1.29, 1.82) is 0 Å². The molecule has 0 unspecified atom stereocenters. The molecule has 1 heterocycles. The maximum absolute atomic E-state index is 11.2. The highest BCUT2D eigenvalue weighted by atomic mass is 16.2. The summed E-state index contributed by atoms with van der Waals surface area (Å²) in [6.45, 7) is 0. The van der Waals surface area contributed by atoms with E-state index in [0.29, 0.717) is 19.3 Å². The molecular weight excluding hydrogens is 218 g/mol. The third kappa shape index (κ3) is 2.82. The van der Waals surface area contributed by atoms with Gasteiger partial charge in [0.05, 0.1) is 0 Å². The van der Waals surface area contributed by atoms with Gasteiger partial charge in [-0.25, -0.2) is 5.84 Å². The highest BCUT2D eigenvalue weighted by molar-refractivity contribution is 5.93. The number of hydrazine groups is 1. The zero-order valence-electron chi connectivity index (χ0n) is 9.45. The maximum Gasteiger partial charge on any atom is 0.234 e. The zero-order chi connectivity index (χ0) is 12.3. The molecule has 0 atom stereocenters. The van der Waals surface area contributed by atoms with Gasteiger partial charge in [-0.3, -0.25) is 15.0 Å². The molecule has 17 heavy (non-hydrogen) atoms. The number of carbonyl (C=O) groups excluding carboxylic acids is 2. The Labute approximate surface area is 99.3 Å². The first-order valence-corrected chi connectivity index (χ1v) is 5.60. The Morgan fingerprint density at radius 1 is 1.41 bits per heavy atom. The lowest BCUT2D eigenvalue weighted by molar-refractivity contribution is -0.121. The SMILES string of the molecule is NNC(=O)CCc1ccc2c(c1)CCC(=O)N2. The van der Waals surface area contributed by atoms with Crippen LogP contribution >= 0.6 is 0 Å². The lowest BCUT2D eigenvalue weighted by Crippen LogP contribution is -2.30. The van der Waals surface area contributed by atoms with Gasteiger partial charge in [0, 0.05) is 18.5 Å². The Morgan fingerprint density at radius 3 is 3.00 bits per heavy atom. The van der Waals surface area contributed by atoms with E-state index in [2.05, 4.69) is 10.7 Å². The Morgan fingerprint density at radius 2 is 2.24 bits per heavy atom. The van der Waals surface area contributed by atoms with Crippen LogP contribution < -0.4 is 16.6 Å². The molecule has 0 radical (unpaired) electrons. The second-order valence-corrected chi connectivity index (χ2v) is 4.11. The van der Waals surface area contributed by atoms with Crippen LogP contribution in [0, 0.1) is 0 Å². The number of anilines is 1. The van der Waals surface area contributed by atoms with Crippen LogP contribution in [0.25, 0.3) is 0 Å². The number of hydrogen-bond donors (Lipinski definition) is 3. The van der Waals surface area contributed by atoms with E-state index in [4.69, 9.17) is 5.84 Å². The molecule has 1 aromatic rings. The zero-order valence-corrected chi connectivity index (χ0v) is 9.45. The predicted octanol–water partition coefficient (Wildman–Crippen LogP) is 0.494. The van der Waals surface area contributed by atoms with Gasteiger partial charge in [-0.05, 0) is 30.0 Å². The third-order valence-corrected chi connectivity index (χ3v) is 2.87. The molecular formula is C12H15N3O2. The molecule has 0 spiro atoms. The van der Waals surface area contributed by atoms with Crippen molar-refractivity contribution in [2.75, 3.05) is 5.32 Å². The summed E-state index contributed by atoms with van der Waals surface area (Å²) >= 11 is 0. The highest BCUT2D eigenvalue weighted by Crippen LogP contribution is 2.23. The molecule has 90 valence electrons. The first-order valence-electron chi connectivity index (χ1n) is 5.60. The van der Waals surface area contributed by atoms with Crippen LogP contribution in [0.5, 0.6) is 0 Å². The van der Waals surface area contributed by atoms with Gasteiger partial charge in [0.2, 0.25) is 11.8 Å². The fraction of sp³-hybridized carbons (Fsp3) is 0.333. The summed E-state index contributed by atoms with van der Waals surface area (Å²) in [5, 5.41) is 2.82. The molecule has 2 rings (SSSR count). The summed E-state index contributed by atoms with van der Waals surface area (Å²) in [7, 11) is 0. The molecule has 0 saturated heterocycles. The number of carbonyl (C=O) groups is 2. The average Bonchev–Trinajstić information content (AvgIpc) is 2.35. The minimum Gasteiger partial charge on any atom is -0.326 e. The van der Waals surface area contributed by atoms with E-state index in [0.717, 1.165) is 23.2 Å². The molecule has 0 aromatic heterocycles. The number of aryl methyl sites for hydroxylation is 2. The number of nitrogens with one attached hydrogen (secondary N) is 2. The molecule has 0 aliphatic carbocycles. The van der Waals surface area contributed by atoms with Crippen LogP contribution in [0.4, 0.5) is 5.69 Å². The fourth-order valence-electron chi connectivity index (χ4n) is 1.92. The summed E-state index contributed by atoms with van der Waals surface area (Å²) in [6, 6.07) is 5.86. The van der Waals surface area contributed by atoms with Gasteiger partial charge in [-0.1, -0.05) is 12.1 Å². The second-order valence-electron chi connectivity index (χ2n) is 4.11. The van der Waals surface area contributed by atoms with Crippen LogP contribution in [0.1, 0.15) is 24.0 Å². The number of benzene rings is 1. The van der Waals surface area contributed by atoms with E-state index in [9.17, 15) is 9.59 Å². The van der Waals surface area contributed by atoms with Gasteiger partial charge in [0.1, 0.15) is 0 Å². The molecule has 2 amide bonds. The number of fused-ring (bicyclic) bond motifs is 1. The largest absolute Gasteiger partial charge is 0.326 e. The molecule has 4 N–H and O–H groups in total. The predicted molar refractivity (Wildman–Crippen MR) is 64.0 cm³/mol. The molecule has 1 aliphatic heterocycles. The van der Waals surface area contributed by atoms with Crippen LogP contribution in [0.2, 0.25) is 0 Å². The average molecular weight is 233 g/mol.